The topological polar surface area (TPSA) is 84.7 Å². The first-order chi connectivity index (χ1) is 17.8. The number of hydrogen-bond acceptors (Lipinski definition) is 5. The quantitative estimate of drug-likeness (QED) is 0.454. The molecule has 2 saturated heterocycles. The van der Waals surface area contributed by atoms with Crippen LogP contribution in [0.2, 0.25) is 0 Å². The zero-order valence-corrected chi connectivity index (χ0v) is 18.8. The molecule has 1 aromatic carbocycles. The Hall–Kier alpha value is -3.67. The molecule has 0 spiro atoms. The molecule has 0 unspecified atom stereocenters. The number of aromatic nitrogens is 1. The van der Waals surface area contributed by atoms with Crippen molar-refractivity contribution in [3.8, 4) is 11.8 Å². The summed E-state index contributed by atoms with van der Waals surface area (Å²) in [6, 6.07) is -2.73. The van der Waals surface area contributed by atoms with Gasteiger partial charge >= 0.3 is 12.4 Å². The second-order valence-corrected chi connectivity index (χ2v) is 9.01. The number of nitrogens with zero attached hydrogens (tertiary/aromatic N) is 2. The van der Waals surface area contributed by atoms with E-state index in [1.54, 1.807) is 0 Å². The van der Waals surface area contributed by atoms with Gasteiger partial charge in [0, 0.05) is 17.5 Å². The van der Waals surface area contributed by atoms with E-state index in [0.29, 0.717) is 12.1 Å². The van der Waals surface area contributed by atoms with Crippen molar-refractivity contribution in [1.82, 2.24) is 15.4 Å². The molecule has 2 amide bonds. The summed E-state index contributed by atoms with van der Waals surface area (Å²) in [6.07, 6.45) is -10.1. The van der Waals surface area contributed by atoms with E-state index in [4.69, 9.17) is 4.74 Å². The molecule has 3 heterocycles. The predicted molar refractivity (Wildman–Crippen MR) is 108 cm³/mol. The Balaban J connectivity index is 1.42. The van der Waals surface area contributed by atoms with Crippen molar-refractivity contribution in [3.05, 3.63) is 52.4 Å². The second kappa shape index (κ2) is 8.97. The first-order valence-corrected chi connectivity index (χ1v) is 11.1. The number of likely N-dealkylation sites (tertiary alicyclic amines) is 1. The largest absolute Gasteiger partial charge is 0.452 e. The molecular formula is C23H15F8N3O4. The van der Waals surface area contributed by atoms with Gasteiger partial charge in [0.1, 0.15) is 23.7 Å². The van der Waals surface area contributed by atoms with Gasteiger partial charge in [-0.1, -0.05) is 17.0 Å². The highest BCUT2D eigenvalue weighted by atomic mass is 19.4. The van der Waals surface area contributed by atoms with Crippen LogP contribution in [-0.2, 0) is 21.9 Å². The number of amides is 2. The summed E-state index contributed by atoms with van der Waals surface area (Å²) in [5, 5.41) is 5.61. The molecule has 2 aromatic rings. The molecule has 2 aliphatic heterocycles. The summed E-state index contributed by atoms with van der Waals surface area (Å²) in [6.45, 7) is -0.0400. The van der Waals surface area contributed by atoms with Crippen molar-refractivity contribution in [2.24, 2.45) is 11.8 Å². The van der Waals surface area contributed by atoms with Gasteiger partial charge in [0.25, 0.3) is 5.91 Å². The van der Waals surface area contributed by atoms with E-state index in [9.17, 15) is 44.7 Å². The summed E-state index contributed by atoms with van der Waals surface area (Å²) >= 11 is 0. The maximum Gasteiger partial charge on any atom is 0.452 e. The molecule has 0 bridgehead atoms. The minimum atomic E-state index is -5.15. The SMILES string of the molecule is O=C(N[C@@H](c1cc(F)c(C(F)(F)F)cc1F)C1COC1)[C@H]1C[C@H]2C#C[C@H]2N1C(=O)c1cc(C(F)(F)F)on1. The third-order valence-electron chi connectivity index (χ3n) is 6.62. The normalized spacial score (nSPS) is 23.6. The fraction of sp³-hybridized carbons (Fsp3) is 0.435. The van der Waals surface area contributed by atoms with Gasteiger partial charge in [-0.2, -0.15) is 26.3 Å². The number of fused-ring (bicyclic) bond motifs is 1. The lowest BCUT2D eigenvalue weighted by atomic mass is 9.89. The maximum atomic E-state index is 14.8. The highest BCUT2D eigenvalue weighted by molar-refractivity contribution is 5.97. The third kappa shape index (κ3) is 4.46. The Labute approximate surface area is 208 Å². The minimum Gasteiger partial charge on any atom is -0.381 e. The zero-order chi connectivity index (χ0) is 27.6. The number of carbonyl (C=O) groups excluding carboxylic acids is 2. The average Bonchev–Trinajstić information content (AvgIpc) is 3.35. The van der Waals surface area contributed by atoms with Crippen molar-refractivity contribution in [3.63, 3.8) is 0 Å². The molecule has 202 valence electrons. The Kier molecular flexibility index (Phi) is 6.13. The van der Waals surface area contributed by atoms with Gasteiger partial charge in [0.05, 0.1) is 30.7 Å². The van der Waals surface area contributed by atoms with Gasteiger partial charge in [-0.3, -0.25) is 9.59 Å². The molecule has 4 atom stereocenters. The molecule has 3 aliphatic rings. The van der Waals surface area contributed by atoms with E-state index in [1.165, 1.54) is 0 Å². The summed E-state index contributed by atoms with van der Waals surface area (Å²) in [4.78, 5) is 27.3. The number of rotatable bonds is 5. The number of benzene rings is 1. The molecule has 7 nitrogen and oxygen atoms in total. The van der Waals surface area contributed by atoms with Crippen LogP contribution < -0.4 is 5.32 Å². The van der Waals surface area contributed by atoms with Crippen LogP contribution in [0.3, 0.4) is 0 Å². The number of carbonyl (C=O) groups is 2. The van der Waals surface area contributed by atoms with E-state index >= 15 is 0 Å². The van der Waals surface area contributed by atoms with Crippen molar-refractivity contribution in [2.45, 2.75) is 36.9 Å². The number of alkyl halides is 6. The van der Waals surface area contributed by atoms with Crippen LogP contribution in [0.15, 0.2) is 22.7 Å². The Morgan fingerprint density at radius 3 is 2.26 bits per heavy atom. The fourth-order valence-corrected chi connectivity index (χ4v) is 4.58. The van der Waals surface area contributed by atoms with Crippen LogP contribution in [0, 0.1) is 35.3 Å². The van der Waals surface area contributed by atoms with Crippen LogP contribution >= 0.6 is 0 Å². The van der Waals surface area contributed by atoms with Crippen LogP contribution in [0.4, 0.5) is 35.1 Å². The Morgan fingerprint density at radius 1 is 1.03 bits per heavy atom. The summed E-state index contributed by atoms with van der Waals surface area (Å²) in [5.74, 6) is -2.36. The van der Waals surface area contributed by atoms with Gasteiger partial charge in [0.2, 0.25) is 11.7 Å². The molecule has 15 heteroatoms. The lowest BCUT2D eigenvalue weighted by Gasteiger charge is -2.36. The standard InChI is InChI=1S/C23H15F8N3O4/c24-13-5-12(22(26,27)28)14(25)4-11(13)19(10-7-37-8-10)32-20(35)17-3-9-1-2-16(9)34(17)21(36)15-6-18(38-33-15)23(29,30)31/h4-6,9-10,16-17,19H,3,7-8H2,(H,32,35)/t9-,16-,17-,19-/m1/s1. The Bertz CT molecular complexity index is 1360. The predicted octanol–water partition coefficient (Wildman–Crippen LogP) is 3.71. The summed E-state index contributed by atoms with van der Waals surface area (Å²) in [7, 11) is 0. The Morgan fingerprint density at radius 2 is 1.74 bits per heavy atom. The first kappa shape index (κ1) is 26.0. The molecule has 0 saturated carbocycles. The van der Waals surface area contributed by atoms with Gasteiger partial charge in [-0.05, 0) is 18.6 Å². The van der Waals surface area contributed by atoms with Crippen LogP contribution in [-0.4, -0.2) is 47.2 Å². The number of halogens is 8. The van der Waals surface area contributed by atoms with Crippen molar-refractivity contribution < 1.29 is 54.0 Å². The van der Waals surface area contributed by atoms with Gasteiger partial charge in [-0.15, -0.1) is 0 Å². The van der Waals surface area contributed by atoms with Crippen molar-refractivity contribution in [2.75, 3.05) is 13.2 Å². The molecule has 1 aromatic heterocycles. The first-order valence-electron chi connectivity index (χ1n) is 11.1. The monoisotopic (exact) mass is 549 g/mol. The van der Waals surface area contributed by atoms with Crippen LogP contribution in [0.1, 0.15) is 39.8 Å². The van der Waals surface area contributed by atoms with E-state index in [0.717, 1.165) is 4.90 Å². The van der Waals surface area contributed by atoms with E-state index < -0.39 is 88.3 Å². The maximum absolute atomic E-state index is 14.8. The molecule has 0 radical (unpaired) electrons. The molecule has 1 N–H and O–H groups in total. The van der Waals surface area contributed by atoms with E-state index in [-0.39, 0.29) is 25.7 Å². The summed E-state index contributed by atoms with van der Waals surface area (Å²) < 4.78 is 116. The molecular weight excluding hydrogens is 534 g/mol. The molecule has 1 aliphatic carbocycles. The lowest BCUT2D eigenvalue weighted by molar-refractivity contribution is -0.155. The van der Waals surface area contributed by atoms with Crippen LogP contribution in [0.25, 0.3) is 0 Å². The van der Waals surface area contributed by atoms with Gasteiger partial charge in [0.15, 0.2) is 5.69 Å². The number of hydrogen-bond donors (Lipinski definition) is 1. The third-order valence-corrected chi connectivity index (χ3v) is 6.62. The number of nitrogens with one attached hydrogen (secondary N) is 1. The van der Waals surface area contributed by atoms with Crippen molar-refractivity contribution in [1.29, 1.82) is 0 Å². The van der Waals surface area contributed by atoms with E-state index in [1.807, 2.05) is 0 Å². The van der Waals surface area contributed by atoms with E-state index in [2.05, 4.69) is 26.8 Å². The smallest absolute Gasteiger partial charge is 0.381 e. The average molecular weight is 549 g/mol. The van der Waals surface area contributed by atoms with Gasteiger partial charge in [-0.25, -0.2) is 8.78 Å². The van der Waals surface area contributed by atoms with Gasteiger partial charge < -0.3 is 19.5 Å². The highest BCUT2D eigenvalue weighted by Crippen LogP contribution is 2.39. The molecule has 5 rings (SSSR count). The van der Waals surface area contributed by atoms with Crippen LogP contribution in [0.5, 0.6) is 0 Å². The minimum absolute atomic E-state index is 0.00831. The fourth-order valence-electron chi connectivity index (χ4n) is 4.58. The zero-order valence-electron chi connectivity index (χ0n) is 18.8. The summed E-state index contributed by atoms with van der Waals surface area (Å²) in [5.41, 5.74) is -3.09. The highest BCUT2D eigenvalue weighted by Gasteiger charge is 2.51. The van der Waals surface area contributed by atoms with Crippen molar-refractivity contribution >= 4 is 11.8 Å². The second-order valence-electron chi connectivity index (χ2n) is 9.01. The lowest BCUT2D eigenvalue weighted by Crippen LogP contribution is -2.52. The number of ether oxygens (including phenoxy) is 1. The molecule has 2 fully saturated rings. The molecule has 38 heavy (non-hydrogen) atoms.